The van der Waals surface area contributed by atoms with Crippen LogP contribution >= 0.6 is 22.9 Å². The molecule has 0 saturated carbocycles. The highest BCUT2D eigenvalue weighted by molar-refractivity contribution is 7.16. The van der Waals surface area contributed by atoms with E-state index >= 15 is 0 Å². The molecule has 0 atom stereocenters. The minimum atomic E-state index is -1.04. The van der Waals surface area contributed by atoms with Crippen LogP contribution in [0, 0.1) is 0 Å². The molecular formula is C12H12ClN3O2S. The molecule has 0 aromatic carbocycles. The van der Waals surface area contributed by atoms with Crippen LogP contribution in [0.15, 0.2) is 24.4 Å². The third kappa shape index (κ3) is 3.59. The minimum absolute atomic E-state index is 0.0769. The van der Waals surface area contributed by atoms with E-state index in [4.69, 9.17) is 22.4 Å². The van der Waals surface area contributed by atoms with Crippen LogP contribution < -0.4 is 11.1 Å². The van der Waals surface area contributed by atoms with Gasteiger partial charge in [0, 0.05) is 17.6 Å². The molecule has 0 aliphatic heterocycles. The van der Waals surface area contributed by atoms with Gasteiger partial charge >= 0.3 is 5.97 Å². The average Bonchev–Trinajstić information content (AvgIpc) is 2.77. The topological polar surface area (TPSA) is 88.2 Å². The highest BCUT2D eigenvalue weighted by Crippen LogP contribution is 2.22. The van der Waals surface area contributed by atoms with Crippen molar-refractivity contribution >= 4 is 40.4 Å². The molecule has 0 bridgehead atoms. The number of aromatic carboxylic acids is 1. The summed E-state index contributed by atoms with van der Waals surface area (Å²) in [7, 11) is 0. The molecule has 2 heterocycles. The van der Waals surface area contributed by atoms with Crippen molar-refractivity contribution in [1.82, 2.24) is 4.98 Å². The number of hydrogen-bond acceptors (Lipinski definition) is 5. The van der Waals surface area contributed by atoms with Gasteiger partial charge in [-0.3, -0.25) is 0 Å². The normalized spacial score (nSPS) is 10.4. The number of rotatable bonds is 5. The van der Waals surface area contributed by atoms with Crippen molar-refractivity contribution in [1.29, 1.82) is 0 Å². The number of carboxylic acids is 1. The largest absolute Gasteiger partial charge is 0.478 e. The molecular weight excluding hydrogens is 286 g/mol. The van der Waals surface area contributed by atoms with E-state index in [0.717, 1.165) is 10.8 Å². The SMILES string of the molecule is Nc1cc(C(=O)O)cnc1NCCc1ccc(Cl)s1. The summed E-state index contributed by atoms with van der Waals surface area (Å²) in [5.41, 5.74) is 6.14. The Hall–Kier alpha value is -1.79. The van der Waals surface area contributed by atoms with Gasteiger partial charge in [-0.25, -0.2) is 9.78 Å². The van der Waals surface area contributed by atoms with E-state index in [9.17, 15) is 4.79 Å². The molecule has 0 radical (unpaired) electrons. The minimum Gasteiger partial charge on any atom is -0.478 e. The fourth-order valence-electron chi connectivity index (χ4n) is 1.54. The van der Waals surface area contributed by atoms with Crippen LogP contribution in [-0.4, -0.2) is 22.6 Å². The van der Waals surface area contributed by atoms with Crippen LogP contribution in [0.4, 0.5) is 11.5 Å². The van der Waals surface area contributed by atoms with Crippen molar-refractivity contribution in [2.45, 2.75) is 6.42 Å². The molecule has 0 spiro atoms. The molecule has 0 amide bonds. The lowest BCUT2D eigenvalue weighted by Crippen LogP contribution is -2.09. The van der Waals surface area contributed by atoms with Crippen LogP contribution in [0.5, 0.6) is 0 Å². The Labute approximate surface area is 119 Å². The number of carboxylic acid groups (broad SMARTS) is 1. The van der Waals surface area contributed by atoms with Crippen molar-refractivity contribution in [3.05, 3.63) is 39.2 Å². The fraction of sp³-hybridized carbons (Fsp3) is 0.167. The van der Waals surface area contributed by atoms with E-state index in [2.05, 4.69) is 10.3 Å². The van der Waals surface area contributed by atoms with Crippen LogP contribution in [0.25, 0.3) is 0 Å². The van der Waals surface area contributed by atoms with E-state index in [1.54, 1.807) is 0 Å². The lowest BCUT2D eigenvalue weighted by molar-refractivity contribution is 0.0696. The van der Waals surface area contributed by atoms with Crippen molar-refractivity contribution in [3.63, 3.8) is 0 Å². The van der Waals surface area contributed by atoms with E-state index in [1.165, 1.54) is 28.5 Å². The zero-order chi connectivity index (χ0) is 13.8. The standard InChI is InChI=1S/C12H12ClN3O2S/c13-10-2-1-8(19-10)3-4-15-11-9(14)5-7(6-16-11)12(17)18/h1-2,5-6H,3-4,14H2,(H,15,16)(H,17,18). The molecule has 0 saturated heterocycles. The molecule has 5 nitrogen and oxygen atoms in total. The van der Waals surface area contributed by atoms with Gasteiger partial charge in [-0.2, -0.15) is 0 Å². The number of pyridine rings is 1. The zero-order valence-electron chi connectivity index (χ0n) is 9.89. The maximum atomic E-state index is 10.7. The predicted molar refractivity (Wildman–Crippen MR) is 77.1 cm³/mol. The number of nitrogen functional groups attached to an aromatic ring is 1. The molecule has 0 fully saturated rings. The highest BCUT2D eigenvalue weighted by atomic mass is 35.5. The number of aromatic nitrogens is 1. The molecule has 0 aliphatic carbocycles. The number of thiophene rings is 1. The first kappa shape index (κ1) is 13.6. The fourth-order valence-corrected chi connectivity index (χ4v) is 2.62. The van der Waals surface area contributed by atoms with E-state index in [0.29, 0.717) is 18.1 Å². The summed E-state index contributed by atoms with van der Waals surface area (Å²) in [6, 6.07) is 5.22. The predicted octanol–water partition coefficient (Wildman–Crippen LogP) is 2.73. The van der Waals surface area contributed by atoms with Gasteiger partial charge in [0.05, 0.1) is 15.6 Å². The molecule has 7 heteroatoms. The Kier molecular flexibility index (Phi) is 4.24. The second-order valence-corrected chi connectivity index (χ2v) is 5.65. The van der Waals surface area contributed by atoms with Gasteiger partial charge in [-0.05, 0) is 24.6 Å². The number of hydrogen-bond donors (Lipinski definition) is 3. The molecule has 0 aliphatic rings. The van der Waals surface area contributed by atoms with E-state index < -0.39 is 5.97 Å². The Morgan fingerprint density at radius 2 is 2.32 bits per heavy atom. The number of anilines is 2. The summed E-state index contributed by atoms with van der Waals surface area (Å²) in [5, 5.41) is 11.9. The first-order valence-corrected chi connectivity index (χ1v) is 6.72. The lowest BCUT2D eigenvalue weighted by Gasteiger charge is -2.08. The summed E-state index contributed by atoms with van der Waals surface area (Å²) in [6.07, 6.45) is 2.09. The summed E-state index contributed by atoms with van der Waals surface area (Å²) >= 11 is 7.37. The summed E-state index contributed by atoms with van der Waals surface area (Å²) in [4.78, 5) is 15.9. The second kappa shape index (κ2) is 5.90. The zero-order valence-corrected chi connectivity index (χ0v) is 11.5. The van der Waals surface area contributed by atoms with Gasteiger partial charge < -0.3 is 16.2 Å². The first-order chi connectivity index (χ1) is 9.06. The van der Waals surface area contributed by atoms with Crippen LogP contribution in [0.1, 0.15) is 15.2 Å². The molecule has 19 heavy (non-hydrogen) atoms. The Morgan fingerprint density at radius 3 is 2.89 bits per heavy atom. The molecule has 2 rings (SSSR count). The quantitative estimate of drug-likeness (QED) is 0.790. The Bertz CT molecular complexity index is 600. The first-order valence-electron chi connectivity index (χ1n) is 5.53. The van der Waals surface area contributed by atoms with Gasteiger partial charge in [0.1, 0.15) is 5.82 Å². The second-order valence-electron chi connectivity index (χ2n) is 3.85. The van der Waals surface area contributed by atoms with Gasteiger partial charge in [0.25, 0.3) is 0 Å². The number of nitrogens with two attached hydrogens (primary N) is 1. The third-order valence-corrected chi connectivity index (χ3v) is 3.75. The van der Waals surface area contributed by atoms with Gasteiger partial charge in [-0.1, -0.05) is 11.6 Å². The monoisotopic (exact) mass is 297 g/mol. The van der Waals surface area contributed by atoms with E-state index in [-0.39, 0.29) is 5.56 Å². The Balaban J connectivity index is 1.94. The average molecular weight is 298 g/mol. The van der Waals surface area contributed by atoms with Gasteiger partial charge in [0.15, 0.2) is 0 Å². The molecule has 0 unspecified atom stereocenters. The van der Waals surface area contributed by atoms with Crippen LogP contribution in [0.3, 0.4) is 0 Å². The summed E-state index contributed by atoms with van der Waals surface area (Å²) in [5.74, 6) is -0.549. The molecule has 2 aromatic heterocycles. The third-order valence-electron chi connectivity index (χ3n) is 2.46. The molecule has 2 aromatic rings. The Morgan fingerprint density at radius 1 is 1.53 bits per heavy atom. The van der Waals surface area contributed by atoms with Gasteiger partial charge in [0.2, 0.25) is 0 Å². The number of halogens is 1. The number of nitrogens with one attached hydrogen (secondary N) is 1. The van der Waals surface area contributed by atoms with Crippen molar-refractivity contribution in [2.24, 2.45) is 0 Å². The van der Waals surface area contributed by atoms with Crippen molar-refractivity contribution < 1.29 is 9.90 Å². The smallest absolute Gasteiger partial charge is 0.337 e. The number of nitrogens with zero attached hydrogens (tertiary/aromatic N) is 1. The lowest BCUT2D eigenvalue weighted by atomic mass is 10.2. The summed E-state index contributed by atoms with van der Waals surface area (Å²) < 4.78 is 0.762. The maximum absolute atomic E-state index is 10.7. The number of carbonyl (C=O) groups is 1. The molecule has 4 N–H and O–H groups in total. The van der Waals surface area contributed by atoms with Crippen molar-refractivity contribution in [2.75, 3.05) is 17.6 Å². The van der Waals surface area contributed by atoms with Crippen molar-refractivity contribution in [3.8, 4) is 0 Å². The van der Waals surface area contributed by atoms with Crippen LogP contribution in [0.2, 0.25) is 4.34 Å². The molecule has 100 valence electrons. The summed E-state index contributed by atoms with van der Waals surface area (Å²) in [6.45, 7) is 0.653. The van der Waals surface area contributed by atoms with Gasteiger partial charge in [-0.15, -0.1) is 11.3 Å². The maximum Gasteiger partial charge on any atom is 0.337 e. The van der Waals surface area contributed by atoms with Crippen LogP contribution in [-0.2, 0) is 6.42 Å². The van der Waals surface area contributed by atoms with E-state index in [1.807, 2.05) is 12.1 Å². The highest BCUT2D eigenvalue weighted by Gasteiger charge is 2.07.